The van der Waals surface area contributed by atoms with E-state index in [4.69, 9.17) is 10.8 Å². The van der Waals surface area contributed by atoms with E-state index >= 15 is 0 Å². The van der Waals surface area contributed by atoms with Gasteiger partial charge in [0, 0.05) is 24.3 Å². The SMILES string of the molecule is Cl.NC(Cn1ccc2cccnc21)C(=O)O. The Morgan fingerprint density at radius 3 is 3.00 bits per heavy atom. The van der Waals surface area contributed by atoms with Crippen LogP contribution in [0.2, 0.25) is 0 Å². The van der Waals surface area contributed by atoms with Crippen molar-refractivity contribution in [3.05, 3.63) is 30.6 Å². The van der Waals surface area contributed by atoms with Crippen molar-refractivity contribution < 1.29 is 9.90 Å². The molecular weight excluding hydrogens is 230 g/mol. The summed E-state index contributed by atoms with van der Waals surface area (Å²) < 4.78 is 1.74. The zero-order valence-corrected chi connectivity index (χ0v) is 9.22. The third-order valence-corrected chi connectivity index (χ3v) is 2.23. The molecule has 2 aromatic heterocycles. The number of carbonyl (C=O) groups is 1. The summed E-state index contributed by atoms with van der Waals surface area (Å²) in [5.74, 6) is -1.01. The average Bonchev–Trinajstić information content (AvgIpc) is 2.62. The molecule has 0 radical (unpaired) electrons. The van der Waals surface area contributed by atoms with Gasteiger partial charge in [-0.2, -0.15) is 0 Å². The van der Waals surface area contributed by atoms with Gasteiger partial charge in [0.2, 0.25) is 0 Å². The monoisotopic (exact) mass is 241 g/mol. The fourth-order valence-electron chi connectivity index (χ4n) is 1.46. The van der Waals surface area contributed by atoms with E-state index in [1.165, 1.54) is 0 Å². The van der Waals surface area contributed by atoms with E-state index in [1.807, 2.05) is 18.2 Å². The summed E-state index contributed by atoms with van der Waals surface area (Å²) in [6.45, 7) is 0.232. The Kier molecular flexibility index (Phi) is 3.87. The molecule has 2 heterocycles. The third kappa shape index (κ3) is 2.32. The first-order valence-corrected chi connectivity index (χ1v) is 4.57. The molecule has 1 atom stereocenters. The highest BCUT2D eigenvalue weighted by molar-refractivity contribution is 5.85. The second-order valence-corrected chi connectivity index (χ2v) is 3.33. The molecule has 86 valence electrons. The number of nitrogens with zero attached hydrogens (tertiary/aromatic N) is 2. The van der Waals surface area contributed by atoms with Gasteiger partial charge >= 0.3 is 5.97 Å². The maximum Gasteiger partial charge on any atom is 0.322 e. The van der Waals surface area contributed by atoms with Crippen molar-refractivity contribution in [3.8, 4) is 0 Å². The first-order valence-electron chi connectivity index (χ1n) is 4.57. The zero-order valence-electron chi connectivity index (χ0n) is 8.41. The van der Waals surface area contributed by atoms with E-state index in [9.17, 15) is 4.79 Å². The third-order valence-electron chi connectivity index (χ3n) is 2.23. The summed E-state index contributed by atoms with van der Waals surface area (Å²) in [6, 6.07) is 4.74. The van der Waals surface area contributed by atoms with Crippen molar-refractivity contribution in [2.75, 3.05) is 0 Å². The largest absolute Gasteiger partial charge is 0.480 e. The highest BCUT2D eigenvalue weighted by Gasteiger charge is 2.13. The molecule has 2 rings (SSSR count). The smallest absolute Gasteiger partial charge is 0.322 e. The lowest BCUT2D eigenvalue weighted by molar-refractivity contribution is -0.138. The maximum atomic E-state index is 10.6. The number of carboxylic acid groups (broad SMARTS) is 1. The number of halogens is 1. The van der Waals surface area contributed by atoms with Crippen LogP contribution in [0, 0.1) is 0 Å². The zero-order chi connectivity index (χ0) is 10.8. The van der Waals surface area contributed by atoms with Crippen LogP contribution in [-0.4, -0.2) is 26.7 Å². The van der Waals surface area contributed by atoms with Crippen molar-refractivity contribution in [3.63, 3.8) is 0 Å². The summed E-state index contributed by atoms with van der Waals surface area (Å²) in [7, 11) is 0. The van der Waals surface area contributed by atoms with Gasteiger partial charge < -0.3 is 15.4 Å². The Balaban J connectivity index is 0.00000128. The van der Waals surface area contributed by atoms with E-state index in [1.54, 1.807) is 17.0 Å². The van der Waals surface area contributed by atoms with Crippen LogP contribution in [0.3, 0.4) is 0 Å². The molecule has 0 spiro atoms. The predicted octanol–water partition coefficient (Wildman–Crippen LogP) is 0.870. The van der Waals surface area contributed by atoms with Gasteiger partial charge in [-0.15, -0.1) is 12.4 Å². The number of carboxylic acids is 1. The molecule has 0 aromatic carbocycles. The lowest BCUT2D eigenvalue weighted by Gasteiger charge is -2.08. The van der Waals surface area contributed by atoms with Gasteiger partial charge in [0.05, 0.1) is 0 Å². The van der Waals surface area contributed by atoms with E-state index in [2.05, 4.69) is 4.98 Å². The van der Waals surface area contributed by atoms with Gasteiger partial charge in [-0.25, -0.2) is 4.98 Å². The molecule has 2 aromatic rings. The van der Waals surface area contributed by atoms with E-state index in [0.29, 0.717) is 0 Å². The summed E-state index contributed by atoms with van der Waals surface area (Å²) in [4.78, 5) is 14.8. The summed E-state index contributed by atoms with van der Waals surface area (Å²) in [5, 5.41) is 9.68. The number of nitrogens with two attached hydrogens (primary N) is 1. The summed E-state index contributed by atoms with van der Waals surface area (Å²) in [5.41, 5.74) is 6.21. The Hall–Kier alpha value is -1.59. The predicted molar refractivity (Wildman–Crippen MR) is 62.6 cm³/mol. The van der Waals surface area contributed by atoms with Crippen LogP contribution < -0.4 is 5.73 Å². The Morgan fingerprint density at radius 1 is 1.56 bits per heavy atom. The number of aliphatic carboxylic acids is 1. The second-order valence-electron chi connectivity index (χ2n) is 3.33. The van der Waals surface area contributed by atoms with Crippen LogP contribution in [0.25, 0.3) is 11.0 Å². The second kappa shape index (κ2) is 4.96. The molecule has 16 heavy (non-hydrogen) atoms. The molecule has 0 aliphatic rings. The lowest BCUT2D eigenvalue weighted by Crippen LogP contribution is -2.34. The summed E-state index contributed by atoms with van der Waals surface area (Å²) >= 11 is 0. The van der Waals surface area contributed by atoms with Gasteiger partial charge in [-0.3, -0.25) is 4.79 Å². The van der Waals surface area contributed by atoms with Gasteiger partial charge in [0.15, 0.2) is 0 Å². The topological polar surface area (TPSA) is 81.1 Å². The Labute approximate surface area is 98.3 Å². The highest BCUT2D eigenvalue weighted by atomic mass is 35.5. The number of fused-ring (bicyclic) bond motifs is 1. The fourth-order valence-corrected chi connectivity index (χ4v) is 1.46. The van der Waals surface area contributed by atoms with Gasteiger partial charge in [0.25, 0.3) is 0 Å². The molecule has 0 amide bonds. The van der Waals surface area contributed by atoms with Gasteiger partial charge in [-0.1, -0.05) is 0 Å². The standard InChI is InChI=1S/C10H11N3O2.ClH/c11-8(10(14)15)6-13-5-3-7-2-1-4-12-9(7)13;/h1-5,8H,6,11H2,(H,14,15);1H. The number of hydrogen-bond donors (Lipinski definition) is 2. The van der Waals surface area contributed by atoms with Crippen LogP contribution in [0.1, 0.15) is 0 Å². The molecule has 0 bridgehead atoms. The normalized spacial score (nSPS) is 12.1. The molecule has 0 aliphatic heterocycles. The lowest BCUT2D eigenvalue weighted by atomic mass is 10.3. The molecule has 6 heteroatoms. The Morgan fingerprint density at radius 2 is 2.31 bits per heavy atom. The van der Waals surface area contributed by atoms with Crippen LogP contribution in [0.4, 0.5) is 0 Å². The minimum Gasteiger partial charge on any atom is -0.480 e. The Bertz CT molecular complexity index is 498. The number of pyridine rings is 1. The quantitative estimate of drug-likeness (QED) is 0.836. The maximum absolute atomic E-state index is 10.6. The van der Waals surface area contributed by atoms with E-state index < -0.39 is 12.0 Å². The van der Waals surface area contributed by atoms with Crippen molar-refractivity contribution in [1.82, 2.24) is 9.55 Å². The average molecular weight is 242 g/mol. The molecule has 0 fully saturated rings. The highest BCUT2D eigenvalue weighted by Crippen LogP contribution is 2.12. The molecule has 0 saturated heterocycles. The van der Waals surface area contributed by atoms with E-state index in [-0.39, 0.29) is 19.0 Å². The summed E-state index contributed by atoms with van der Waals surface area (Å²) in [6.07, 6.45) is 3.46. The van der Waals surface area contributed by atoms with Crippen molar-refractivity contribution >= 4 is 29.4 Å². The van der Waals surface area contributed by atoms with Gasteiger partial charge in [0.1, 0.15) is 11.7 Å². The van der Waals surface area contributed by atoms with Crippen LogP contribution in [0.15, 0.2) is 30.6 Å². The molecule has 5 nitrogen and oxygen atoms in total. The molecular formula is C10H12ClN3O2. The van der Waals surface area contributed by atoms with Crippen LogP contribution in [0.5, 0.6) is 0 Å². The van der Waals surface area contributed by atoms with Crippen molar-refractivity contribution in [2.24, 2.45) is 5.73 Å². The van der Waals surface area contributed by atoms with Crippen LogP contribution >= 0.6 is 12.4 Å². The van der Waals surface area contributed by atoms with Crippen molar-refractivity contribution in [1.29, 1.82) is 0 Å². The first-order chi connectivity index (χ1) is 7.18. The van der Waals surface area contributed by atoms with Gasteiger partial charge in [-0.05, 0) is 18.2 Å². The molecule has 1 unspecified atom stereocenters. The number of hydrogen-bond acceptors (Lipinski definition) is 3. The van der Waals surface area contributed by atoms with E-state index in [0.717, 1.165) is 11.0 Å². The number of rotatable bonds is 3. The first kappa shape index (κ1) is 12.5. The number of aromatic nitrogens is 2. The fraction of sp³-hybridized carbons (Fsp3) is 0.200. The minimum atomic E-state index is -1.01. The molecule has 3 N–H and O–H groups in total. The van der Waals surface area contributed by atoms with Crippen molar-refractivity contribution in [2.45, 2.75) is 12.6 Å². The van der Waals surface area contributed by atoms with Crippen LogP contribution in [-0.2, 0) is 11.3 Å². The minimum absolute atomic E-state index is 0. The molecule has 0 saturated carbocycles. The molecule has 0 aliphatic carbocycles.